The van der Waals surface area contributed by atoms with Gasteiger partial charge in [0.1, 0.15) is 12.6 Å². The van der Waals surface area contributed by atoms with E-state index in [4.69, 9.17) is 5.11 Å². The van der Waals surface area contributed by atoms with Crippen molar-refractivity contribution < 1.29 is 22.7 Å². The maximum absolute atomic E-state index is 11.3. The van der Waals surface area contributed by atoms with E-state index in [1.54, 1.807) is 0 Å². The van der Waals surface area contributed by atoms with Crippen molar-refractivity contribution in [3.8, 4) is 0 Å². The zero-order valence-electron chi connectivity index (χ0n) is 4.45. The second kappa shape index (κ2) is 3.00. The van der Waals surface area contributed by atoms with Crippen molar-refractivity contribution >= 4 is 0 Å². The Labute approximate surface area is 49.3 Å². The summed E-state index contributed by atoms with van der Waals surface area (Å²) in [6.45, 7) is -2.74. The van der Waals surface area contributed by atoms with Gasteiger partial charge in [-0.05, 0) is 0 Å². The minimum absolute atomic E-state index is 1.18. The van der Waals surface area contributed by atoms with E-state index >= 15 is 0 Å². The van der Waals surface area contributed by atoms with Crippen molar-refractivity contribution in [2.24, 2.45) is 5.92 Å². The van der Waals surface area contributed by atoms with Crippen LogP contribution >= 0.6 is 0 Å². The first-order valence-corrected chi connectivity index (χ1v) is 2.26. The van der Waals surface area contributed by atoms with Crippen LogP contribution in [0.2, 0.25) is 0 Å². The lowest BCUT2D eigenvalue weighted by Gasteiger charge is -2.12. The number of aliphatic hydroxyl groups is 1. The summed E-state index contributed by atoms with van der Waals surface area (Å²) in [5, 5.41) is 7.90. The van der Waals surface area contributed by atoms with Crippen molar-refractivity contribution in [1.29, 1.82) is 0 Å². The zero-order chi connectivity index (χ0) is 7.49. The molecule has 0 saturated heterocycles. The first-order valence-electron chi connectivity index (χ1n) is 2.26. The average molecular weight is 146 g/mol. The lowest BCUT2D eigenvalue weighted by Crippen LogP contribution is -2.27. The molecule has 0 saturated carbocycles. The molecule has 1 nitrogen and oxygen atoms in total. The maximum atomic E-state index is 11.3. The Hall–Kier alpha value is -0.320. The van der Waals surface area contributed by atoms with Gasteiger partial charge >= 0.3 is 6.18 Å². The molecule has 1 unspecified atom stereocenters. The SMILES string of the molecule is OCC(CF)C(F)(F)F. The van der Waals surface area contributed by atoms with Gasteiger partial charge in [-0.25, -0.2) is 0 Å². The minimum Gasteiger partial charge on any atom is -0.396 e. The van der Waals surface area contributed by atoms with E-state index in [0.717, 1.165) is 0 Å². The van der Waals surface area contributed by atoms with E-state index in [9.17, 15) is 17.6 Å². The van der Waals surface area contributed by atoms with Crippen LogP contribution in [0.15, 0.2) is 0 Å². The predicted molar refractivity (Wildman–Crippen MR) is 22.6 cm³/mol. The van der Waals surface area contributed by atoms with Crippen LogP contribution in [0.4, 0.5) is 17.6 Å². The molecule has 0 aliphatic heterocycles. The third-order valence-electron chi connectivity index (χ3n) is 0.870. The molecular weight excluding hydrogens is 140 g/mol. The molecule has 1 N–H and O–H groups in total. The van der Waals surface area contributed by atoms with Crippen LogP contribution in [-0.4, -0.2) is 24.6 Å². The first-order chi connectivity index (χ1) is 4.02. The lowest BCUT2D eigenvalue weighted by molar-refractivity contribution is -0.187. The van der Waals surface area contributed by atoms with E-state index < -0.39 is 25.4 Å². The van der Waals surface area contributed by atoms with Crippen LogP contribution < -0.4 is 0 Å². The highest BCUT2D eigenvalue weighted by atomic mass is 19.4. The summed E-state index contributed by atoms with van der Waals surface area (Å²) in [7, 11) is 0. The summed E-state index contributed by atoms with van der Waals surface area (Å²) < 4.78 is 45.2. The quantitative estimate of drug-likeness (QED) is 0.579. The molecule has 0 aromatic carbocycles. The average Bonchev–Trinajstić information content (AvgIpc) is 1.65. The highest BCUT2D eigenvalue weighted by Crippen LogP contribution is 2.25. The molecule has 0 spiro atoms. The molecule has 1 atom stereocenters. The Morgan fingerprint density at radius 2 is 1.78 bits per heavy atom. The number of hydrogen-bond donors (Lipinski definition) is 1. The molecule has 0 radical (unpaired) electrons. The Balaban J connectivity index is 3.79. The van der Waals surface area contributed by atoms with Crippen molar-refractivity contribution in [2.75, 3.05) is 13.3 Å². The summed E-state index contributed by atoms with van der Waals surface area (Å²) in [6.07, 6.45) is -4.61. The van der Waals surface area contributed by atoms with Crippen molar-refractivity contribution in [3.05, 3.63) is 0 Å². The van der Waals surface area contributed by atoms with Crippen LogP contribution in [0, 0.1) is 5.92 Å². The van der Waals surface area contributed by atoms with E-state index in [1.165, 1.54) is 0 Å². The number of hydrogen-bond acceptors (Lipinski definition) is 1. The van der Waals surface area contributed by atoms with Gasteiger partial charge in [-0.2, -0.15) is 13.2 Å². The highest BCUT2D eigenvalue weighted by molar-refractivity contribution is 4.63. The molecule has 5 heteroatoms. The largest absolute Gasteiger partial charge is 0.396 e. The predicted octanol–water partition coefficient (Wildman–Crippen LogP) is 1.13. The fourth-order valence-electron chi connectivity index (χ4n) is 0.240. The molecule has 0 aromatic rings. The molecule has 0 amide bonds. The van der Waals surface area contributed by atoms with Crippen LogP contribution in [0.5, 0.6) is 0 Å². The van der Waals surface area contributed by atoms with E-state index in [1.807, 2.05) is 0 Å². The fourth-order valence-corrected chi connectivity index (χ4v) is 0.240. The molecule has 56 valence electrons. The molecular formula is C4H6F4O. The number of halogens is 4. The topological polar surface area (TPSA) is 20.2 Å². The van der Waals surface area contributed by atoms with Crippen LogP contribution in [-0.2, 0) is 0 Å². The molecule has 9 heavy (non-hydrogen) atoms. The van der Waals surface area contributed by atoms with Crippen LogP contribution in [0.25, 0.3) is 0 Å². The third-order valence-corrected chi connectivity index (χ3v) is 0.870. The van der Waals surface area contributed by atoms with Gasteiger partial charge in [-0.1, -0.05) is 0 Å². The van der Waals surface area contributed by atoms with Gasteiger partial charge in [0, 0.05) is 0 Å². The normalized spacial score (nSPS) is 15.7. The molecule has 0 rings (SSSR count). The summed E-state index contributed by atoms with van der Waals surface area (Å²) in [5.74, 6) is -2.21. The lowest BCUT2D eigenvalue weighted by atomic mass is 10.2. The van der Waals surface area contributed by atoms with Crippen LogP contribution in [0.1, 0.15) is 0 Å². The van der Waals surface area contributed by atoms with Gasteiger partial charge < -0.3 is 5.11 Å². The van der Waals surface area contributed by atoms with E-state index in [2.05, 4.69) is 0 Å². The van der Waals surface area contributed by atoms with Crippen LogP contribution in [0.3, 0.4) is 0 Å². The Bertz CT molecular complexity index is 75.1. The number of rotatable bonds is 2. The van der Waals surface area contributed by atoms with Gasteiger partial charge in [0.25, 0.3) is 0 Å². The molecule has 0 fully saturated rings. The van der Waals surface area contributed by atoms with Crippen molar-refractivity contribution in [2.45, 2.75) is 6.18 Å². The van der Waals surface area contributed by atoms with E-state index in [-0.39, 0.29) is 0 Å². The van der Waals surface area contributed by atoms with Crippen molar-refractivity contribution in [3.63, 3.8) is 0 Å². The first kappa shape index (κ1) is 8.68. The smallest absolute Gasteiger partial charge is 0.396 e. The zero-order valence-corrected chi connectivity index (χ0v) is 4.45. The van der Waals surface area contributed by atoms with E-state index in [0.29, 0.717) is 0 Å². The molecule has 0 heterocycles. The van der Waals surface area contributed by atoms with Gasteiger partial charge in [0.05, 0.1) is 6.61 Å². The molecule has 0 aliphatic carbocycles. The summed E-state index contributed by atoms with van der Waals surface area (Å²) in [6, 6.07) is 0. The van der Waals surface area contributed by atoms with Gasteiger partial charge in [0.15, 0.2) is 0 Å². The Morgan fingerprint density at radius 3 is 1.78 bits per heavy atom. The summed E-state index contributed by atoms with van der Waals surface area (Å²) >= 11 is 0. The van der Waals surface area contributed by atoms with Gasteiger partial charge in [0.2, 0.25) is 0 Å². The third kappa shape index (κ3) is 2.64. The number of aliphatic hydroxyl groups excluding tert-OH is 1. The maximum Gasteiger partial charge on any atom is 0.396 e. The molecule has 0 aliphatic rings. The fraction of sp³-hybridized carbons (Fsp3) is 1.00. The molecule has 0 aromatic heterocycles. The Kier molecular flexibility index (Phi) is 2.90. The minimum atomic E-state index is -4.61. The summed E-state index contributed by atoms with van der Waals surface area (Å²) in [4.78, 5) is 0. The van der Waals surface area contributed by atoms with Gasteiger partial charge in [-0.3, -0.25) is 4.39 Å². The molecule has 0 bridgehead atoms. The highest BCUT2D eigenvalue weighted by Gasteiger charge is 2.38. The standard InChI is InChI=1S/C4H6F4O/c5-1-3(2-9)4(6,7)8/h3,9H,1-2H2. The van der Waals surface area contributed by atoms with Crippen molar-refractivity contribution in [1.82, 2.24) is 0 Å². The second-order valence-electron chi connectivity index (χ2n) is 1.58. The van der Waals surface area contributed by atoms with Gasteiger partial charge in [-0.15, -0.1) is 0 Å². The second-order valence-corrected chi connectivity index (χ2v) is 1.58. The summed E-state index contributed by atoms with van der Waals surface area (Å²) in [5.41, 5.74) is 0. The monoisotopic (exact) mass is 146 g/mol. The Morgan fingerprint density at radius 1 is 1.33 bits per heavy atom. The number of alkyl halides is 4.